The average Bonchev–Trinajstić information content (AvgIpc) is 2.80. The van der Waals surface area contributed by atoms with E-state index in [1.54, 1.807) is 13.8 Å². The Labute approximate surface area is 214 Å². The Morgan fingerprint density at radius 2 is 1.59 bits per heavy atom. The molecule has 1 rings (SSSR count). The van der Waals surface area contributed by atoms with Crippen LogP contribution in [0.5, 0.6) is 5.75 Å². The number of hydrogen-bond donors (Lipinski definition) is 7. The summed E-state index contributed by atoms with van der Waals surface area (Å²) < 4.78 is 15.5. The van der Waals surface area contributed by atoms with E-state index in [9.17, 15) is 28.5 Å². The van der Waals surface area contributed by atoms with E-state index >= 15 is 0 Å². The summed E-state index contributed by atoms with van der Waals surface area (Å²) in [5.41, 5.74) is 10.9. The maximum Gasteiger partial charge on any atom is 0.524 e. The highest BCUT2D eigenvalue weighted by molar-refractivity contribution is 7.46. The summed E-state index contributed by atoms with van der Waals surface area (Å²) >= 11 is 0. The maximum atomic E-state index is 13.2. The third kappa shape index (κ3) is 11.4. The molecule has 15 heteroatoms. The zero-order valence-corrected chi connectivity index (χ0v) is 21.7. The molecule has 0 aliphatic carbocycles. The molecule has 1 aromatic rings. The van der Waals surface area contributed by atoms with Gasteiger partial charge in [0.15, 0.2) is 0 Å². The summed E-state index contributed by atoms with van der Waals surface area (Å²) in [6.45, 7) is 3.49. The van der Waals surface area contributed by atoms with Crippen LogP contribution in [0.3, 0.4) is 0 Å². The summed E-state index contributed by atoms with van der Waals surface area (Å²) in [5, 5.41) is 7.42. The molecule has 0 radical (unpaired) electrons. The van der Waals surface area contributed by atoms with Gasteiger partial charge in [-0.3, -0.25) is 33.8 Å². The van der Waals surface area contributed by atoms with E-state index in [-0.39, 0.29) is 18.6 Å². The van der Waals surface area contributed by atoms with Crippen molar-refractivity contribution >= 4 is 37.4 Å². The van der Waals surface area contributed by atoms with E-state index in [2.05, 4.69) is 20.5 Å². The summed E-state index contributed by atoms with van der Waals surface area (Å²) in [5.74, 6) is -5.02. The van der Waals surface area contributed by atoms with Crippen LogP contribution < -0.4 is 31.9 Å². The van der Waals surface area contributed by atoms with Gasteiger partial charge in [0, 0.05) is 13.5 Å². The number of benzene rings is 1. The Bertz CT molecular complexity index is 1030. The molecule has 0 saturated heterocycles. The van der Waals surface area contributed by atoms with Gasteiger partial charge in [-0.15, -0.1) is 0 Å². The predicted octanol–water partition coefficient (Wildman–Crippen LogP) is -1.17. The van der Waals surface area contributed by atoms with Crippen LogP contribution in [0.2, 0.25) is 0 Å². The van der Waals surface area contributed by atoms with Crippen LogP contribution in [-0.4, -0.2) is 58.5 Å². The number of carbonyl (C=O) groups excluding carboxylic acids is 5. The number of carbonyl (C=O) groups is 5. The van der Waals surface area contributed by atoms with Gasteiger partial charge in [0.1, 0.15) is 17.8 Å². The zero-order chi connectivity index (χ0) is 28.3. The molecule has 0 fully saturated rings. The number of rotatable bonds is 15. The minimum absolute atomic E-state index is 0.0515. The standard InChI is InChI=1S/C22H34N5O9P/c1-4-12(2)19(22(32)26-16(20(24)30)11-17(23)28)27-21(31)14(10-18(29)25-3)9-13-5-7-15(8-6-13)36-37(33,34)35/h5-8,12,14,16,19H,4,9-11H2,1-3H3,(H2,23,28)(H2,24,30)(H,25,29)(H,26,32)(H,27,31)(H2,33,34,35)/t12?,14-,16+,19+/m1/s1. The highest BCUT2D eigenvalue weighted by Crippen LogP contribution is 2.37. The molecule has 9 N–H and O–H groups in total. The van der Waals surface area contributed by atoms with E-state index in [0.717, 1.165) is 0 Å². The zero-order valence-electron chi connectivity index (χ0n) is 20.8. The van der Waals surface area contributed by atoms with Crippen molar-refractivity contribution in [2.45, 2.75) is 51.6 Å². The Morgan fingerprint density at radius 1 is 1.00 bits per heavy atom. The van der Waals surface area contributed by atoms with Crippen molar-refractivity contribution in [2.24, 2.45) is 23.3 Å². The van der Waals surface area contributed by atoms with Crippen LogP contribution in [0.25, 0.3) is 0 Å². The molecule has 0 aromatic heterocycles. The molecule has 0 bridgehead atoms. The molecule has 206 valence electrons. The molecule has 0 saturated carbocycles. The Hall–Kier alpha value is -3.48. The predicted molar refractivity (Wildman–Crippen MR) is 131 cm³/mol. The summed E-state index contributed by atoms with van der Waals surface area (Å²) in [6.07, 6.45) is -0.209. The first kappa shape index (κ1) is 31.5. The summed E-state index contributed by atoms with van der Waals surface area (Å²) in [7, 11) is -3.33. The lowest BCUT2D eigenvalue weighted by molar-refractivity contribution is -0.135. The van der Waals surface area contributed by atoms with Crippen LogP contribution >= 0.6 is 7.82 Å². The van der Waals surface area contributed by atoms with Crippen molar-refractivity contribution in [3.8, 4) is 5.75 Å². The van der Waals surface area contributed by atoms with Crippen molar-refractivity contribution in [3.05, 3.63) is 29.8 Å². The van der Waals surface area contributed by atoms with E-state index in [1.165, 1.54) is 31.3 Å². The van der Waals surface area contributed by atoms with Crippen LogP contribution in [0.1, 0.15) is 38.7 Å². The number of nitrogens with two attached hydrogens (primary N) is 2. The lowest BCUT2D eigenvalue weighted by Crippen LogP contribution is -2.56. The second-order valence-electron chi connectivity index (χ2n) is 8.51. The third-order valence-electron chi connectivity index (χ3n) is 5.57. The molecular formula is C22H34N5O9P. The lowest BCUT2D eigenvalue weighted by atomic mass is 9.92. The van der Waals surface area contributed by atoms with Gasteiger partial charge in [0.2, 0.25) is 29.5 Å². The third-order valence-corrected chi connectivity index (χ3v) is 6.02. The normalized spacial score (nSPS) is 14.4. The van der Waals surface area contributed by atoms with Gasteiger partial charge in [-0.05, 0) is 30.0 Å². The highest BCUT2D eigenvalue weighted by Gasteiger charge is 2.32. The Kier molecular flexibility index (Phi) is 12.2. The highest BCUT2D eigenvalue weighted by atomic mass is 31.2. The van der Waals surface area contributed by atoms with Gasteiger partial charge in [0.05, 0.1) is 12.3 Å². The van der Waals surface area contributed by atoms with E-state index in [4.69, 9.17) is 21.3 Å². The van der Waals surface area contributed by atoms with Gasteiger partial charge >= 0.3 is 7.82 Å². The number of phosphoric ester groups is 1. The molecule has 0 heterocycles. The summed E-state index contributed by atoms with van der Waals surface area (Å²) in [6, 6.07) is 3.11. The molecule has 14 nitrogen and oxygen atoms in total. The fourth-order valence-electron chi connectivity index (χ4n) is 3.35. The van der Waals surface area contributed by atoms with Crippen LogP contribution in [0, 0.1) is 11.8 Å². The topological polar surface area (TPSA) is 240 Å². The number of hydrogen-bond acceptors (Lipinski definition) is 7. The monoisotopic (exact) mass is 543 g/mol. The number of nitrogens with one attached hydrogen (secondary N) is 3. The van der Waals surface area contributed by atoms with Crippen molar-refractivity contribution in [1.29, 1.82) is 0 Å². The van der Waals surface area contributed by atoms with Gasteiger partial charge in [-0.2, -0.15) is 0 Å². The molecular weight excluding hydrogens is 509 g/mol. The average molecular weight is 544 g/mol. The van der Waals surface area contributed by atoms with Gasteiger partial charge < -0.3 is 31.9 Å². The Balaban J connectivity index is 3.12. The van der Waals surface area contributed by atoms with E-state index < -0.39 is 67.7 Å². The minimum atomic E-state index is -4.74. The molecule has 37 heavy (non-hydrogen) atoms. The molecule has 0 aliphatic heterocycles. The van der Waals surface area contributed by atoms with Gasteiger partial charge in [0.25, 0.3) is 0 Å². The van der Waals surface area contributed by atoms with Crippen molar-refractivity contribution in [1.82, 2.24) is 16.0 Å². The molecule has 1 unspecified atom stereocenters. The van der Waals surface area contributed by atoms with Crippen LogP contribution in [0.4, 0.5) is 0 Å². The maximum absolute atomic E-state index is 13.2. The molecule has 1 aromatic carbocycles. The van der Waals surface area contributed by atoms with Gasteiger partial charge in [-0.1, -0.05) is 32.4 Å². The van der Waals surface area contributed by atoms with Crippen molar-refractivity contribution < 1.29 is 42.8 Å². The fraction of sp³-hybridized carbons (Fsp3) is 0.500. The smallest absolute Gasteiger partial charge is 0.404 e. The summed E-state index contributed by atoms with van der Waals surface area (Å²) in [4.78, 5) is 78.9. The largest absolute Gasteiger partial charge is 0.524 e. The van der Waals surface area contributed by atoms with E-state index in [0.29, 0.717) is 12.0 Å². The van der Waals surface area contributed by atoms with Crippen LogP contribution in [-0.2, 0) is 35.0 Å². The first-order valence-corrected chi connectivity index (χ1v) is 12.9. The second kappa shape index (κ2) is 14.3. The van der Waals surface area contributed by atoms with Crippen molar-refractivity contribution in [2.75, 3.05) is 7.05 Å². The van der Waals surface area contributed by atoms with Crippen molar-refractivity contribution in [3.63, 3.8) is 0 Å². The number of phosphoric acid groups is 1. The molecule has 4 atom stereocenters. The first-order chi connectivity index (χ1) is 17.2. The molecule has 0 aliphatic rings. The SMILES string of the molecule is CCC(C)[C@H](NC(=O)[C@@H](CC(=O)NC)Cc1ccc(OP(=O)(O)O)cc1)C(=O)N[C@@H](CC(N)=O)C(N)=O. The quantitative estimate of drug-likeness (QED) is 0.132. The lowest BCUT2D eigenvalue weighted by Gasteiger charge is -2.27. The molecule has 0 spiro atoms. The fourth-order valence-corrected chi connectivity index (χ4v) is 3.75. The van der Waals surface area contributed by atoms with Gasteiger partial charge in [-0.25, -0.2) is 4.57 Å². The Morgan fingerprint density at radius 3 is 2.05 bits per heavy atom. The molecule has 5 amide bonds. The first-order valence-electron chi connectivity index (χ1n) is 11.4. The number of primary amides is 2. The van der Waals surface area contributed by atoms with Crippen LogP contribution in [0.15, 0.2) is 24.3 Å². The minimum Gasteiger partial charge on any atom is -0.404 e. The second-order valence-corrected chi connectivity index (χ2v) is 9.67. The van der Waals surface area contributed by atoms with E-state index in [1.807, 2.05) is 0 Å². The number of amides is 5.